The number of aryl methyl sites for hydroxylation is 1. The second-order valence-electron chi connectivity index (χ2n) is 7.23. The van der Waals surface area contributed by atoms with E-state index in [2.05, 4.69) is 16.1 Å². The van der Waals surface area contributed by atoms with E-state index in [1.165, 1.54) is 0 Å². The van der Waals surface area contributed by atoms with Gasteiger partial charge in [-0.25, -0.2) is 4.68 Å². The molecule has 30 heavy (non-hydrogen) atoms. The summed E-state index contributed by atoms with van der Waals surface area (Å²) in [4.78, 5) is 17.4. The Morgan fingerprint density at radius 2 is 1.63 bits per heavy atom. The first kappa shape index (κ1) is 19.8. The monoisotopic (exact) mass is 406 g/mol. The van der Waals surface area contributed by atoms with Crippen LogP contribution in [0.2, 0.25) is 0 Å². The van der Waals surface area contributed by atoms with Crippen LogP contribution < -0.4 is 14.4 Å². The van der Waals surface area contributed by atoms with Crippen molar-refractivity contribution in [2.45, 2.75) is 6.92 Å². The molecule has 2 aromatic carbocycles. The van der Waals surface area contributed by atoms with Crippen molar-refractivity contribution in [2.24, 2.45) is 0 Å². The van der Waals surface area contributed by atoms with Crippen molar-refractivity contribution in [1.29, 1.82) is 0 Å². The quantitative estimate of drug-likeness (QED) is 0.651. The zero-order chi connectivity index (χ0) is 21.1. The number of carbonyl (C=O) groups excluding carboxylic acids is 1. The number of para-hydroxylation sites is 2. The predicted octanol–water partition coefficient (Wildman–Crippen LogP) is 3.16. The highest BCUT2D eigenvalue weighted by atomic mass is 16.5. The van der Waals surface area contributed by atoms with Crippen LogP contribution in [0.3, 0.4) is 0 Å². The molecule has 3 aromatic rings. The van der Waals surface area contributed by atoms with Crippen LogP contribution in [0, 0.1) is 6.92 Å². The molecule has 0 atom stereocenters. The third-order valence-electron chi connectivity index (χ3n) is 5.36. The topological polar surface area (TPSA) is 59.8 Å². The minimum Gasteiger partial charge on any atom is -0.497 e. The first-order valence-corrected chi connectivity index (χ1v) is 9.99. The van der Waals surface area contributed by atoms with E-state index in [9.17, 15) is 4.79 Å². The van der Waals surface area contributed by atoms with Crippen molar-refractivity contribution in [3.05, 3.63) is 66.0 Å². The lowest BCUT2D eigenvalue weighted by atomic mass is 10.2. The van der Waals surface area contributed by atoms with Gasteiger partial charge in [0.15, 0.2) is 0 Å². The van der Waals surface area contributed by atoms with Gasteiger partial charge in [0.2, 0.25) is 0 Å². The first-order chi connectivity index (χ1) is 14.6. The van der Waals surface area contributed by atoms with Gasteiger partial charge in [0.25, 0.3) is 5.91 Å². The first-order valence-electron chi connectivity index (χ1n) is 9.99. The smallest absolute Gasteiger partial charge is 0.272 e. The number of benzene rings is 2. The normalized spacial score (nSPS) is 14.0. The second kappa shape index (κ2) is 8.49. The summed E-state index contributed by atoms with van der Waals surface area (Å²) in [6.07, 6.45) is 0. The molecule has 1 amide bonds. The summed E-state index contributed by atoms with van der Waals surface area (Å²) in [5.41, 5.74) is 3.27. The van der Waals surface area contributed by atoms with Gasteiger partial charge in [-0.1, -0.05) is 12.1 Å². The van der Waals surface area contributed by atoms with Crippen LogP contribution in [0.5, 0.6) is 11.5 Å². The van der Waals surface area contributed by atoms with Crippen LogP contribution in [0.4, 0.5) is 5.69 Å². The van der Waals surface area contributed by atoms with E-state index in [0.29, 0.717) is 18.8 Å². The molecule has 0 unspecified atom stereocenters. The minimum atomic E-state index is -0.00825. The van der Waals surface area contributed by atoms with Gasteiger partial charge in [-0.05, 0) is 49.4 Å². The lowest BCUT2D eigenvalue weighted by Crippen LogP contribution is -2.49. The van der Waals surface area contributed by atoms with Gasteiger partial charge in [-0.3, -0.25) is 4.79 Å². The molecule has 0 radical (unpaired) electrons. The number of rotatable bonds is 5. The molecule has 1 fully saturated rings. The number of carbonyl (C=O) groups is 1. The molecular weight excluding hydrogens is 380 g/mol. The predicted molar refractivity (Wildman–Crippen MR) is 116 cm³/mol. The maximum absolute atomic E-state index is 13.3. The summed E-state index contributed by atoms with van der Waals surface area (Å²) < 4.78 is 12.4. The highest BCUT2D eigenvalue weighted by Crippen LogP contribution is 2.28. The van der Waals surface area contributed by atoms with Gasteiger partial charge in [0.05, 0.1) is 31.3 Å². The number of piperazine rings is 1. The molecule has 2 heterocycles. The Labute approximate surface area is 176 Å². The third kappa shape index (κ3) is 3.83. The third-order valence-corrected chi connectivity index (χ3v) is 5.36. The molecule has 0 saturated carbocycles. The molecule has 1 aliphatic rings. The molecule has 0 bridgehead atoms. The summed E-state index contributed by atoms with van der Waals surface area (Å²) in [5.74, 6) is 1.61. The molecule has 7 heteroatoms. The van der Waals surface area contributed by atoms with Gasteiger partial charge in [0.1, 0.15) is 17.2 Å². The Morgan fingerprint density at radius 3 is 2.30 bits per heavy atom. The molecular formula is C23H26N4O3. The van der Waals surface area contributed by atoms with Gasteiger partial charge >= 0.3 is 0 Å². The number of hydrogen-bond acceptors (Lipinski definition) is 5. The van der Waals surface area contributed by atoms with Crippen LogP contribution in [0.15, 0.2) is 54.6 Å². The van der Waals surface area contributed by atoms with Gasteiger partial charge < -0.3 is 19.3 Å². The molecule has 4 rings (SSSR count). The molecule has 1 aromatic heterocycles. The summed E-state index contributed by atoms with van der Waals surface area (Å²) >= 11 is 0. The van der Waals surface area contributed by atoms with Crippen LogP contribution in [0.1, 0.15) is 16.2 Å². The van der Waals surface area contributed by atoms with Crippen LogP contribution >= 0.6 is 0 Å². The number of methoxy groups -OCH3 is 2. The van der Waals surface area contributed by atoms with E-state index >= 15 is 0 Å². The van der Waals surface area contributed by atoms with Crippen molar-refractivity contribution >= 4 is 11.6 Å². The van der Waals surface area contributed by atoms with E-state index in [-0.39, 0.29) is 5.91 Å². The zero-order valence-electron chi connectivity index (χ0n) is 17.5. The van der Waals surface area contributed by atoms with E-state index in [4.69, 9.17) is 9.47 Å². The molecule has 1 saturated heterocycles. The van der Waals surface area contributed by atoms with E-state index in [1.807, 2.05) is 60.4 Å². The fourth-order valence-corrected chi connectivity index (χ4v) is 3.78. The van der Waals surface area contributed by atoms with Crippen molar-refractivity contribution in [1.82, 2.24) is 14.7 Å². The molecule has 156 valence electrons. The molecule has 1 aliphatic heterocycles. The van der Waals surface area contributed by atoms with Crippen LogP contribution in [0.25, 0.3) is 5.69 Å². The average Bonchev–Trinajstić information content (AvgIpc) is 3.20. The maximum atomic E-state index is 13.3. The molecule has 7 nitrogen and oxygen atoms in total. The Morgan fingerprint density at radius 1 is 0.933 bits per heavy atom. The fraction of sp³-hybridized carbons (Fsp3) is 0.304. The summed E-state index contributed by atoms with van der Waals surface area (Å²) in [6.45, 7) is 4.69. The van der Waals surface area contributed by atoms with Gasteiger partial charge in [0, 0.05) is 26.2 Å². The minimum absolute atomic E-state index is 0.00825. The summed E-state index contributed by atoms with van der Waals surface area (Å²) in [7, 11) is 3.31. The maximum Gasteiger partial charge on any atom is 0.272 e. The SMILES string of the molecule is COc1ccc(-n2nc(C)cc2C(=O)N2CCN(c3ccccc3OC)CC2)cc1. The highest BCUT2D eigenvalue weighted by Gasteiger charge is 2.26. The Bertz CT molecular complexity index is 1020. The van der Waals surface area contributed by atoms with Crippen LogP contribution in [-0.4, -0.2) is 61.0 Å². The van der Waals surface area contributed by atoms with E-state index < -0.39 is 0 Å². The van der Waals surface area contributed by atoms with Gasteiger partial charge in [-0.15, -0.1) is 0 Å². The second-order valence-corrected chi connectivity index (χ2v) is 7.23. The van der Waals surface area contributed by atoms with E-state index in [0.717, 1.165) is 41.7 Å². The summed E-state index contributed by atoms with van der Waals surface area (Å²) in [5, 5.41) is 4.54. The number of aromatic nitrogens is 2. The number of ether oxygens (including phenoxy) is 2. The number of hydrogen-bond donors (Lipinski definition) is 0. The van der Waals surface area contributed by atoms with E-state index in [1.54, 1.807) is 18.9 Å². The molecule has 0 aliphatic carbocycles. The van der Waals surface area contributed by atoms with Gasteiger partial charge in [-0.2, -0.15) is 5.10 Å². The average molecular weight is 406 g/mol. The Hall–Kier alpha value is -3.48. The fourth-order valence-electron chi connectivity index (χ4n) is 3.78. The van der Waals surface area contributed by atoms with Crippen molar-refractivity contribution in [2.75, 3.05) is 45.3 Å². The Balaban J connectivity index is 1.51. The van der Waals surface area contributed by atoms with Crippen LogP contribution in [-0.2, 0) is 0 Å². The molecule has 0 N–H and O–H groups in total. The number of amides is 1. The number of nitrogens with zero attached hydrogens (tertiary/aromatic N) is 4. The standard InChI is InChI=1S/C23H26N4O3/c1-17-16-21(27(24-17)18-8-10-19(29-2)11-9-18)23(28)26-14-12-25(13-15-26)20-6-4-5-7-22(20)30-3/h4-11,16H,12-15H2,1-3H3. The highest BCUT2D eigenvalue weighted by molar-refractivity contribution is 5.93. The summed E-state index contributed by atoms with van der Waals surface area (Å²) in [6, 6.07) is 17.4. The lowest BCUT2D eigenvalue weighted by molar-refractivity contribution is 0.0737. The van der Waals surface area contributed by atoms with Crippen molar-refractivity contribution in [3.63, 3.8) is 0 Å². The lowest BCUT2D eigenvalue weighted by Gasteiger charge is -2.36. The van der Waals surface area contributed by atoms with Crippen molar-refractivity contribution < 1.29 is 14.3 Å². The Kier molecular flexibility index (Phi) is 5.61. The zero-order valence-corrected chi connectivity index (χ0v) is 17.5. The van der Waals surface area contributed by atoms with Crippen molar-refractivity contribution in [3.8, 4) is 17.2 Å². The largest absolute Gasteiger partial charge is 0.497 e. The number of anilines is 1. The molecule has 0 spiro atoms.